The Morgan fingerprint density at radius 1 is 1.04 bits per heavy atom. The molecule has 0 spiro atoms. The van der Waals surface area contributed by atoms with Gasteiger partial charge >= 0.3 is 5.97 Å². The molecule has 0 radical (unpaired) electrons. The number of nitrogens with one attached hydrogen (secondary N) is 2. The second kappa shape index (κ2) is 6.91. The van der Waals surface area contributed by atoms with Gasteiger partial charge in [0.15, 0.2) is 0 Å². The van der Waals surface area contributed by atoms with E-state index in [0.29, 0.717) is 0 Å². The van der Waals surface area contributed by atoms with E-state index in [1.807, 2.05) is 40.6 Å². The third-order valence-electron chi connectivity index (χ3n) is 3.37. The Labute approximate surface area is 139 Å². The van der Waals surface area contributed by atoms with Crippen molar-refractivity contribution in [3.63, 3.8) is 0 Å². The Hall–Kier alpha value is -2.22. The molecule has 1 aliphatic heterocycles. The zero-order valence-electron chi connectivity index (χ0n) is 12.6. The van der Waals surface area contributed by atoms with Crippen molar-refractivity contribution in [3.05, 3.63) is 60.2 Å². The van der Waals surface area contributed by atoms with Gasteiger partial charge in [-0.2, -0.15) is 10.9 Å². The minimum absolute atomic E-state index is 0.0411. The topological polar surface area (TPSA) is 67.8 Å². The molecule has 1 aliphatic rings. The molecule has 2 aromatic carbocycles. The van der Waals surface area contributed by atoms with Crippen molar-refractivity contribution in [2.45, 2.75) is 12.4 Å². The predicted molar refractivity (Wildman–Crippen MR) is 93.0 cm³/mol. The largest absolute Gasteiger partial charge is 0.478 e. The first-order valence-corrected chi connectivity index (χ1v) is 8.36. The number of rotatable bonds is 5. The molecule has 6 nitrogen and oxygen atoms in total. The van der Waals surface area contributed by atoms with Crippen LogP contribution >= 0.6 is 11.8 Å². The molecule has 0 bridgehead atoms. The first-order valence-electron chi connectivity index (χ1n) is 7.31. The molecule has 1 atom stereocenters. The number of hydrogen-bond acceptors (Lipinski definition) is 6. The summed E-state index contributed by atoms with van der Waals surface area (Å²) in [4.78, 5) is 11.0. The summed E-state index contributed by atoms with van der Waals surface area (Å²) in [5.41, 5.74) is 8.91. The van der Waals surface area contributed by atoms with Crippen LogP contribution < -0.4 is 21.1 Å². The molecule has 3 rings (SSSR count). The average molecular weight is 330 g/mol. The van der Waals surface area contributed by atoms with E-state index in [1.54, 1.807) is 36.0 Å². The van der Waals surface area contributed by atoms with Crippen molar-refractivity contribution in [2.75, 3.05) is 16.0 Å². The molecule has 0 aromatic heterocycles. The summed E-state index contributed by atoms with van der Waals surface area (Å²) < 4.78 is 0. The van der Waals surface area contributed by atoms with Gasteiger partial charge in [0, 0.05) is 0 Å². The monoisotopic (exact) mass is 330 g/mol. The summed E-state index contributed by atoms with van der Waals surface area (Å²) >= 11 is 1.74. The van der Waals surface area contributed by atoms with Crippen LogP contribution in [0.3, 0.4) is 0 Å². The maximum atomic E-state index is 11.0. The molecule has 120 valence electrons. The normalized spacial score (nSPS) is 17.5. The van der Waals surface area contributed by atoms with Gasteiger partial charge in [-0.05, 0) is 42.2 Å². The molecule has 0 saturated carbocycles. The molecule has 23 heavy (non-hydrogen) atoms. The lowest BCUT2D eigenvalue weighted by Crippen LogP contribution is -2.45. The number of para-hydroxylation sites is 1. The molecule has 1 heterocycles. The van der Waals surface area contributed by atoms with Crippen LogP contribution in [-0.2, 0) is 0 Å². The fourth-order valence-electron chi connectivity index (χ4n) is 2.30. The van der Waals surface area contributed by atoms with Gasteiger partial charge in [-0.15, -0.1) is 11.8 Å². The number of carbonyl (C=O) groups is 1. The fraction of sp³-hybridized carbons (Fsp3) is 0.188. The molecule has 0 aliphatic carbocycles. The standard InChI is InChI=1S/C16H18N4O2S/c1-2-23-16-17-19(13-6-4-3-5-7-13)20(18-16)14-10-8-12(9-11-14)15(21)22/h3-11,16-18H,2H2,1H3,(H,21,22). The van der Waals surface area contributed by atoms with Crippen molar-refractivity contribution >= 4 is 29.1 Å². The van der Waals surface area contributed by atoms with Crippen LogP contribution in [0.5, 0.6) is 0 Å². The van der Waals surface area contributed by atoms with Crippen molar-refractivity contribution in [1.29, 1.82) is 0 Å². The van der Waals surface area contributed by atoms with Crippen LogP contribution in [0.2, 0.25) is 0 Å². The van der Waals surface area contributed by atoms with Gasteiger partial charge in [0.25, 0.3) is 0 Å². The zero-order valence-corrected chi connectivity index (χ0v) is 13.5. The van der Waals surface area contributed by atoms with E-state index in [9.17, 15) is 4.79 Å². The number of carboxylic acids is 1. The number of carboxylic acid groups (broad SMARTS) is 1. The lowest BCUT2D eigenvalue weighted by atomic mass is 10.2. The highest BCUT2D eigenvalue weighted by atomic mass is 32.2. The van der Waals surface area contributed by atoms with Crippen LogP contribution in [0.15, 0.2) is 54.6 Å². The van der Waals surface area contributed by atoms with Crippen molar-refractivity contribution in [2.24, 2.45) is 0 Å². The molecule has 1 unspecified atom stereocenters. The van der Waals surface area contributed by atoms with Gasteiger partial charge in [0.1, 0.15) is 5.50 Å². The predicted octanol–water partition coefficient (Wildman–Crippen LogP) is 2.67. The van der Waals surface area contributed by atoms with E-state index < -0.39 is 5.97 Å². The SMILES string of the molecule is CCSC1NN(c2ccccc2)N(c2ccc(C(=O)O)cc2)N1. The molecule has 0 amide bonds. The Morgan fingerprint density at radius 3 is 2.13 bits per heavy atom. The van der Waals surface area contributed by atoms with Crippen molar-refractivity contribution in [1.82, 2.24) is 10.9 Å². The van der Waals surface area contributed by atoms with Crippen LogP contribution in [0.1, 0.15) is 17.3 Å². The van der Waals surface area contributed by atoms with E-state index in [4.69, 9.17) is 5.11 Å². The maximum absolute atomic E-state index is 11.0. The highest BCUT2D eigenvalue weighted by Gasteiger charge is 2.29. The van der Waals surface area contributed by atoms with Crippen molar-refractivity contribution < 1.29 is 9.90 Å². The lowest BCUT2D eigenvalue weighted by Gasteiger charge is -2.29. The zero-order chi connectivity index (χ0) is 16.2. The van der Waals surface area contributed by atoms with E-state index in [2.05, 4.69) is 17.8 Å². The Kier molecular flexibility index (Phi) is 4.71. The minimum Gasteiger partial charge on any atom is -0.478 e. The molecule has 3 N–H and O–H groups in total. The number of hydrogen-bond donors (Lipinski definition) is 3. The molecule has 1 fully saturated rings. The molecular formula is C16H18N4O2S. The Bertz CT molecular complexity index is 666. The van der Waals surface area contributed by atoms with E-state index in [0.717, 1.165) is 17.1 Å². The highest BCUT2D eigenvalue weighted by Crippen LogP contribution is 2.25. The van der Waals surface area contributed by atoms with Crippen molar-refractivity contribution in [3.8, 4) is 0 Å². The number of anilines is 2. The number of thioether (sulfide) groups is 1. The molecular weight excluding hydrogens is 312 g/mol. The number of hydrazine groups is 3. The van der Waals surface area contributed by atoms with Crippen LogP contribution in [0, 0.1) is 0 Å². The summed E-state index contributed by atoms with van der Waals surface area (Å²) in [5, 5.41) is 12.8. The molecule has 2 aromatic rings. The third kappa shape index (κ3) is 3.42. The smallest absolute Gasteiger partial charge is 0.335 e. The number of benzene rings is 2. The first-order chi connectivity index (χ1) is 11.2. The second-order valence-electron chi connectivity index (χ2n) is 4.90. The van der Waals surface area contributed by atoms with Gasteiger partial charge in [0.2, 0.25) is 0 Å². The van der Waals surface area contributed by atoms with Gasteiger partial charge in [-0.25, -0.2) is 15.0 Å². The maximum Gasteiger partial charge on any atom is 0.335 e. The van der Waals surface area contributed by atoms with Crippen LogP contribution in [0.4, 0.5) is 11.4 Å². The summed E-state index contributed by atoms with van der Waals surface area (Å²) in [5.74, 6) is 0.0439. The molecule has 1 saturated heterocycles. The summed E-state index contributed by atoms with van der Waals surface area (Å²) in [6.07, 6.45) is 0. The first kappa shape index (κ1) is 15.7. The van der Waals surface area contributed by atoms with Gasteiger partial charge in [-0.3, -0.25) is 0 Å². The average Bonchev–Trinajstić information content (AvgIpc) is 3.00. The van der Waals surface area contributed by atoms with E-state index in [1.165, 1.54) is 0 Å². The summed E-state index contributed by atoms with van der Waals surface area (Å²) in [6, 6.07) is 16.7. The van der Waals surface area contributed by atoms with E-state index >= 15 is 0 Å². The highest BCUT2D eigenvalue weighted by molar-refractivity contribution is 7.99. The van der Waals surface area contributed by atoms with E-state index in [-0.39, 0.29) is 11.1 Å². The third-order valence-corrected chi connectivity index (χ3v) is 4.25. The van der Waals surface area contributed by atoms with Crippen LogP contribution in [-0.4, -0.2) is 22.3 Å². The van der Waals surface area contributed by atoms with Crippen LogP contribution in [0.25, 0.3) is 0 Å². The number of aromatic carboxylic acids is 1. The minimum atomic E-state index is -0.927. The fourth-order valence-corrected chi connectivity index (χ4v) is 2.98. The summed E-state index contributed by atoms with van der Waals surface area (Å²) in [6.45, 7) is 2.10. The Balaban J connectivity index is 1.88. The summed E-state index contributed by atoms with van der Waals surface area (Å²) in [7, 11) is 0. The van der Waals surface area contributed by atoms with Gasteiger partial charge < -0.3 is 5.11 Å². The number of nitrogens with zero attached hydrogens (tertiary/aromatic N) is 2. The quantitative estimate of drug-likeness (QED) is 0.779. The lowest BCUT2D eigenvalue weighted by molar-refractivity contribution is 0.0697. The Morgan fingerprint density at radius 2 is 1.61 bits per heavy atom. The second-order valence-corrected chi connectivity index (χ2v) is 6.29. The molecule has 7 heteroatoms. The van der Waals surface area contributed by atoms with Gasteiger partial charge in [0.05, 0.1) is 16.9 Å². The van der Waals surface area contributed by atoms with Gasteiger partial charge in [-0.1, -0.05) is 25.1 Å².